The lowest BCUT2D eigenvalue weighted by molar-refractivity contribution is 0.224. The SMILES string of the molecule is CCOC1=C2C(=C(I)c3ccccc32)CC1. The number of hydrogen-bond donors (Lipinski definition) is 0. The molecule has 1 nitrogen and oxygen atoms in total. The summed E-state index contributed by atoms with van der Waals surface area (Å²) in [4.78, 5) is 0. The van der Waals surface area contributed by atoms with Crippen LogP contribution in [0.1, 0.15) is 30.9 Å². The zero-order chi connectivity index (χ0) is 11.1. The second-order valence-corrected chi connectivity index (χ2v) is 5.15. The molecule has 0 saturated carbocycles. The van der Waals surface area contributed by atoms with Gasteiger partial charge in [0.25, 0.3) is 0 Å². The van der Waals surface area contributed by atoms with Crippen LogP contribution in [-0.2, 0) is 4.74 Å². The number of halogens is 1. The van der Waals surface area contributed by atoms with Gasteiger partial charge in [0.15, 0.2) is 0 Å². The zero-order valence-corrected chi connectivity index (χ0v) is 11.4. The molecule has 2 heteroatoms. The number of rotatable bonds is 2. The van der Waals surface area contributed by atoms with Crippen molar-refractivity contribution in [3.8, 4) is 0 Å². The summed E-state index contributed by atoms with van der Waals surface area (Å²) in [5.74, 6) is 1.19. The largest absolute Gasteiger partial charge is 0.498 e. The van der Waals surface area contributed by atoms with Crippen LogP contribution in [0.4, 0.5) is 0 Å². The lowest BCUT2D eigenvalue weighted by Crippen LogP contribution is -1.91. The van der Waals surface area contributed by atoms with Crippen LogP contribution in [0.3, 0.4) is 0 Å². The first-order valence-corrected chi connectivity index (χ1v) is 6.75. The smallest absolute Gasteiger partial charge is 0.104 e. The Kier molecular flexibility index (Phi) is 2.54. The Morgan fingerprint density at radius 2 is 1.94 bits per heavy atom. The maximum Gasteiger partial charge on any atom is 0.104 e. The van der Waals surface area contributed by atoms with Gasteiger partial charge in [0, 0.05) is 15.6 Å². The van der Waals surface area contributed by atoms with Crippen molar-refractivity contribution in [2.75, 3.05) is 6.61 Å². The van der Waals surface area contributed by atoms with Crippen molar-refractivity contribution >= 4 is 31.7 Å². The van der Waals surface area contributed by atoms with E-state index in [0.717, 1.165) is 19.4 Å². The first-order valence-electron chi connectivity index (χ1n) is 5.67. The van der Waals surface area contributed by atoms with Crippen molar-refractivity contribution in [2.24, 2.45) is 0 Å². The molecule has 0 aliphatic heterocycles. The minimum Gasteiger partial charge on any atom is -0.498 e. The van der Waals surface area contributed by atoms with E-state index >= 15 is 0 Å². The van der Waals surface area contributed by atoms with Crippen molar-refractivity contribution < 1.29 is 4.74 Å². The molecule has 16 heavy (non-hydrogen) atoms. The molecule has 0 fully saturated rings. The highest BCUT2D eigenvalue weighted by Gasteiger charge is 2.32. The van der Waals surface area contributed by atoms with Crippen LogP contribution in [0.25, 0.3) is 9.15 Å². The van der Waals surface area contributed by atoms with Gasteiger partial charge in [-0.2, -0.15) is 0 Å². The summed E-state index contributed by atoms with van der Waals surface area (Å²) in [7, 11) is 0. The summed E-state index contributed by atoms with van der Waals surface area (Å²) in [6, 6.07) is 8.64. The van der Waals surface area contributed by atoms with Crippen LogP contribution < -0.4 is 0 Å². The third-order valence-corrected chi connectivity index (χ3v) is 4.43. The first-order chi connectivity index (χ1) is 7.83. The molecule has 2 aliphatic carbocycles. The number of ether oxygens (including phenoxy) is 1. The predicted molar refractivity (Wildman–Crippen MR) is 75.2 cm³/mol. The molecule has 0 atom stereocenters. The van der Waals surface area contributed by atoms with E-state index in [9.17, 15) is 0 Å². The highest BCUT2D eigenvalue weighted by Crippen LogP contribution is 2.52. The van der Waals surface area contributed by atoms with Gasteiger partial charge < -0.3 is 4.74 Å². The molecule has 1 aromatic carbocycles. The van der Waals surface area contributed by atoms with E-state index in [1.807, 2.05) is 0 Å². The van der Waals surface area contributed by atoms with Gasteiger partial charge in [0.05, 0.1) is 6.61 Å². The van der Waals surface area contributed by atoms with Gasteiger partial charge >= 0.3 is 0 Å². The second kappa shape index (κ2) is 3.91. The van der Waals surface area contributed by atoms with Gasteiger partial charge in [-0.15, -0.1) is 0 Å². The maximum absolute atomic E-state index is 5.76. The molecule has 3 rings (SSSR count). The fraction of sp³-hybridized carbons (Fsp3) is 0.286. The summed E-state index contributed by atoms with van der Waals surface area (Å²) in [5, 5.41) is 0. The Hall–Kier alpha value is -0.770. The average Bonchev–Trinajstić information content (AvgIpc) is 2.83. The Morgan fingerprint density at radius 3 is 2.69 bits per heavy atom. The van der Waals surface area contributed by atoms with Crippen LogP contribution in [0.5, 0.6) is 0 Å². The summed E-state index contributed by atoms with van der Waals surface area (Å²) < 4.78 is 7.18. The van der Waals surface area contributed by atoms with Gasteiger partial charge in [0.1, 0.15) is 5.76 Å². The lowest BCUT2D eigenvalue weighted by Gasteiger charge is -2.07. The molecule has 2 aliphatic rings. The number of allylic oxidation sites excluding steroid dienone is 3. The van der Waals surface area contributed by atoms with E-state index in [0.29, 0.717) is 0 Å². The quantitative estimate of drug-likeness (QED) is 0.733. The Labute approximate surface area is 109 Å². The minimum atomic E-state index is 0.769. The van der Waals surface area contributed by atoms with E-state index in [1.54, 1.807) is 0 Å². The fourth-order valence-corrected chi connectivity index (χ4v) is 3.57. The van der Waals surface area contributed by atoms with E-state index in [-0.39, 0.29) is 0 Å². The third-order valence-electron chi connectivity index (χ3n) is 3.20. The van der Waals surface area contributed by atoms with Crippen molar-refractivity contribution in [2.45, 2.75) is 19.8 Å². The minimum absolute atomic E-state index is 0.769. The average molecular weight is 324 g/mol. The number of hydrogen-bond acceptors (Lipinski definition) is 1. The lowest BCUT2D eigenvalue weighted by atomic mass is 10.1. The molecule has 0 saturated heterocycles. The predicted octanol–water partition coefficient (Wildman–Crippen LogP) is 4.39. The van der Waals surface area contributed by atoms with Crippen LogP contribution in [-0.4, -0.2) is 6.61 Å². The topological polar surface area (TPSA) is 9.23 Å². The van der Waals surface area contributed by atoms with Crippen molar-refractivity contribution in [1.82, 2.24) is 0 Å². The van der Waals surface area contributed by atoms with Crippen LogP contribution in [0.2, 0.25) is 0 Å². The van der Waals surface area contributed by atoms with Crippen molar-refractivity contribution in [3.63, 3.8) is 0 Å². The molecule has 0 aromatic heterocycles. The Bertz CT molecular complexity index is 511. The van der Waals surface area contributed by atoms with Gasteiger partial charge in [-0.25, -0.2) is 0 Å². The van der Waals surface area contributed by atoms with E-state index < -0.39 is 0 Å². The summed E-state index contributed by atoms with van der Waals surface area (Å²) >= 11 is 2.47. The van der Waals surface area contributed by atoms with Gasteiger partial charge in [-0.3, -0.25) is 0 Å². The Morgan fingerprint density at radius 1 is 1.19 bits per heavy atom. The van der Waals surface area contributed by atoms with Crippen molar-refractivity contribution in [3.05, 3.63) is 46.7 Å². The molecule has 0 unspecified atom stereocenters. The molecule has 0 N–H and O–H groups in total. The standard InChI is InChI=1S/C14H13IO/c1-2-16-12-8-7-11-13(12)9-5-3-4-6-10(9)14(11)15/h3-6H,2,7-8H2,1H3. The molecule has 0 heterocycles. The third kappa shape index (κ3) is 1.35. The van der Waals surface area contributed by atoms with Crippen molar-refractivity contribution in [1.29, 1.82) is 0 Å². The van der Waals surface area contributed by atoms with E-state index in [2.05, 4.69) is 53.8 Å². The zero-order valence-electron chi connectivity index (χ0n) is 9.22. The second-order valence-electron chi connectivity index (χ2n) is 4.07. The highest BCUT2D eigenvalue weighted by atomic mass is 127. The molecule has 0 radical (unpaired) electrons. The number of benzene rings is 1. The molecular formula is C14H13IO. The number of fused-ring (bicyclic) bond motifs is 3. The summed E-state index contributed by atoms with van der Waals surface area (Å²) in [5.41, 5.74) is 5.61. The van der Waals surface area contributed by atoms with Crippen LogP contribution >= 0.6 is 22.6 Å². The molecule has 0 bridgehead atoms. The molecule has 1 aromatic rings. The summed E-state index contributed by atoms with van der Waals surface area (Å²) in [6.07, 6.45) is 2.21. The Balaban J connectivity index is 2.21. The fourth-order valence-electron chi connectivity index (χ4n) is 2.56. The molecule has 0 spiro atoms. The summed E-state index contributed by atoms with van der Waals surface area (Å²) in [6.45, 7) is 2.83. The van der Waals surface area contributed by atoms with Crippen LogP contribution in [0, 0.1) is 0 Å². The first kappa shape index (κ1) is 10.4. The molecular weight excluding hydrogens is 311 g/mol. The van der Waals surface area contributed by atoms with E-state index in [4.69, 9.17) is 4.74 Å². The normalized spacial score (nSPS) is 17.9. The molecule has 0 amide bonds. The van der Waals surface area contributed by atoms with Gasteiger partial charge in [0.2, 0.25) is 0 Å². The monoisotopic (exact) mass is 324 g/mol. The van der Waals surface area contributed by atoms with Gasteiger partial charge in [-0.05, 0) is 52.6 Å². The van der Waals surface area contributed by atoms with E-state index in [1.165, 1.54) is 31.6 Å². The highest BCUT2D eigenvalue weighted by molar-refractivity contribution is 14.1. The maximum atomic E-state index is 5.76. The molecule has 82 valence electrons. The van der Waals surface area contributed by atoms with Crippen LogP contribution in [0.15, 0.2) is 35.6 Å². The van der Waals surface area contributed by atoms with Gasteiger partial charge in [-0.1, -0.05) is 24.3 Å².